The number of hydrogen-bond acceptors (Lipinski definition) is 3. The summed E-state index contributed by atoms with van der Waals surface area (Å²) in [5, 5.41) is 9.37. The fourth-order valence-corrected chi connectivity index (χ4v) is 2.24. The first-order chi connectivity index (χ1) is 7.71. The van der Waals surface area contributed by atoms with E-state index in [4.69, 9.17) is 5.73 Å². The van der Waals surface area contributed by atoms with Crippen LogP contribution in [0.5, 0.6) is 0 Å². The third kappa shape index (κ3) is 4.08. The van der Waals surface area contributed by atoms with Crippen molar-refractivity contribution in [2.75, 3.05) is 19.6 Å². The predicted molar refractivity (Wildman–Crippen MR) is 62.6 cm³/mol. The van der Waals surface area contributed by atoms with Crippen molar-refractivity contribution in [1.29, 1.82) is 0 Å². The molecule has 0 aromatic rings. The number of thiocarbonyl (C=S) groups is 1. The molecule has 3 nitrogen and oxygen atoms in total. The van der Waals surface area contributed by atoms with E-state index in [-0.39, 0.29) is 12.5 Å². The fraction of sp³-hybridized carbons (Fsp3) is 0.900. The van der Waals surface area contributed by atoms with Gasteiger partial charge in [-0.15, -0.1) is 0 Å². The summed E-state index contributed by atoms with van der Waals surface area (Å²) in [5.74, 6) is -1.72. The summed E-state index contributed by atoms with van der Waals surface area (Å²) in [6.07, 6.45) is -4.18. The van der Waals surface area contributed by atoms with Gasteiger partial charge in [-0.2, -0.15) is 13.2 Å². The van der Waals surface area contributed by atoms with Crippen molar-refractivity contribution < 1.29 is 18.3 Å². The van der Waals surface area contributed by atoms with Gasteiger partial charge < -0.3 is 15.7 Å². The van der Waals surface area contributed by atoms with E-state index in [1.165, 1.54) is 0 Å². The van der Waals surface area contributed by atoms with E-state index < -0.39 is 23.2 Å². The highest BCUT2D eigenvalue weighted by Crippen LogP contribution is 2.29. The number of nitrogens with two attached hydrogens (primary N) is 1. The molecular weight excluding hydrogens is 253 g/mol. The third-order valence-corrected chi connectivity index (χ3v) is 3.45. The summed E-state index contributed by atoms with van der Waals surface area (Å²) in [4.78, 5) is 1.15. The van der Waals surface area contributed by atoms with Gasteiger partial charge in [0, 0.05) is 13.1 Å². The fourth-order valence-electron chi connectivity index (χ4n) is 2.04. The van der Waals surface area contributed by atoms with Crippen molar-refractivity contribution >= 4 is 17.2 Å². The molecule has 1 aliphatic rings. The molecule has 1 heterocycles. The minimum absolute atomic E-state index is 0.0372. The second kappa shape index (κ2) is 5.49. The molecule has 1 aliphatic heterocycles. The lowest BCUT2D eigenvalue weighted by Crippen LogP contribution is -2.43. The number of halogens is 3. The highest BCUT2D eigenvalue weighted by molar-refractivity contribution is 7.80. The Morgan fingerprint density at radius 2 is 2.18 bits per heavy atom. The summed E-state index contributed by atoms with van der Waals surface area (Å²) in [6, 6.07) is 0. The first-order valence-corrected chi connectivity index (χ1v) is 5.89. The molecule has 0 saturated carbocycles. The van der Waals surface area contributed by atoms with E-state index in [9.17, 15) is 18.3 Å². The van der Waals surface area contributed by atoms with Crippen molar-refractivity contribution in [1.82, 2.24) is 4.90 Å². The molecule has 100 valence electrons. The van der Waals surface area contributed by atoms with Crippen molar-refractivity contribution in [2.45, 2.75) is 25.6 Å². The van der Waals surface area contributed by atoms with Gasteiger partial charge in [-0.3, -0.25) is 0 Å². The summed E-state index contributed by atoms with van der Waals surface area (Å²) in [7, 11) is 0. The number of aliphatic hydroxyl groups is 1. The van der Waals surface area contributed by atoms with Crippen LogP contribution in [0.4, 0.5) is 13.2 Å². The monoisotopic (exact) mass is 270 g/mol. The molecule has 3 atom stereocenters. The average Bonchev–Trinajstić information content (AvgIpc) is 2.59. The minimum atomic E-state index is -4.39. The highest BCUT2D eigenvalue weighted by atomic mass is 32.1. The Balaban J connectivity index is 2.56. The van der Waals surface area contributed by atoms with Gasteiger partial charge >= 0.3 is 6.18 Å². The molecule has 0 aromatic heterocycles. The molecule has 7 heteroatoms. The zero-order valence-corrected chi connectivity index (χ0v) is 10.4. The van der Waals surface area contributed by atoms with Crippen LogP contribution in [0.1, 0.15) is 13.3 Å². The molecule has 3 N–H and O–H groups in total. The van der Waals surface area contributed by atoms with E-state index in [2.05, 4.69) is 12.2 Å². The van der Waals surface area contributed by atoms with Crippen LogP contribution < -0.4 is 5.73 Å². The smallest absolute Gasteiger partial charge is 0.393 e. The summed E-state index contributed by atoms with van der Waals surface area (Å²) in [5.41, 5.74) is 5.13. The summed E-state index contributed by atoms with van der Waals surface area (Å²) >= 11 is 4.46. The van der Waals surface area contributed by atoms with E-state index >= 15 is 0 Å². The van der Waals surface area contributed by atoms with Crippen LogP contribution in [-0.4, -0.2) is 46.9 Å². The Bertz CT molecular complexity index is 283. The lowest BCUT2D eigenvalue weighted by molar-refractivity contribution is -0.158. The average molecular weight is 270 g/mol. The second-order valence-electron chi connectivity index (χ2n) is 4.55. The van der Waals surface area contributed by atoms with Crippen LogP contribution >= 0.6 is 12.2 Å². The zero-order chi connectivity index (χ0) is 13.2. The van der Waals surface area contributed by atoms with Crippen LogP contribution in [0.25, 0.3) is 0 Å². The van der Waals surface area contributed by atoms with Gasteiger partial charge in [0.1, 0.15) is 5.92 Å². The van der Waals surface area contributed by atoms with Gasteiger partial charge in [0.25, 0.3) is 0 Å². The first kappa shape index (κ1) is 14.7. The normalized spacial score (nSPS) is 25.8. The largest absolute Gasteiger partial charge is 0.399 e. The summed E-state index contributed by atoms with van der Waals surface area (Å²) in [6.45, 7) is 2.46. The molecule has 0 bridgehead atoms. The van der Waals surface area contributed by atoms with Gasteiger partial charge in [0.05, 0.1) is 11.1 Å². The number of nitrogens with zero attached hydrogens (tertiary/aromatic N) is 1. The Hall–Kier alpha value is -0.400. The molecular formula is C10H17F3N2OS. The summed E-state index contributed by atoms with van der Waals surface area (Å²) < 4.78 is 37.9. The first-order valence-electron chi connectivity index (χ1n) is 5.48. The Kier molecular flexibility index (Phi) is 4.74. The molecule has 0 aliphatic carbocycles. The second-order valence-corrected chi connectivity index (χ2v) is 5.02. The maximum absolute atomic E-state index is 12.6. The molecule has 1 rings (SSSR count). The molecule has 0 radical (unpaired) electrons. The Morgan fingerprint density at radius 1 is 1.59 bits per heavy atom. The maximum atomic E-state index is 12.6. The number of alkyl halides is 3. The van der Waals surface area contributed by atoms with Crippen molar-refractivity contribution in [2.24, 2.45) is 17.6 Å². The molecule has 17 heavy (non-hydrogen) atoms. The highest BCUT2D eigenvalue weighted by Gasteiger charge is 2.43. The topological polar surface area (TPSA) is 49.5 Å². The molecule has 0 aromatic carbocycles. The molecule has 1 saturated heterocycles. The van der Waals surface area contributed by atoms with Crippen molar-refractivity contribution in [3.8, 4) is 0 Å². The van der Waals surface area contributed by atoms with Crippen LogP contribution in [0.15, 0.2) is 0 Å². The number of aliphatic hydroxyl groups excluding tert-OH is 1. The standard InChI is InChI=1S/C10H17F3N2OS/c1-6(16)7-2-3-15(4-7)5-8(9(14)17)10(11,12)13/h6-8,16H,2-5H2,1H3,(H2,14,17). The minimum Gasteiger partial charge on any atom is -0.393 e. The van der Waals surface area contributed by atoms with Gasteiger partial charge in [-0.1, -0.05) is 12.2 Å². The lowest BCUT2D eigenvalue weighted by atomic mass is 10.0. The Morgan fingerprint density at radius 3 is 2.53 bits per heavy atom. The van der Waals surface area contributed by atoms with Crippen LogP contribution in [0.3, 0.4) is 0 Å². The number of rotatable bonds is 4. The van der Waals surface area contributed by atoms with Gasteiger partial charge in [0.15, 0.2) is 0 Å². The van der Waals surface area contributed by atoms with Crippen LogP contribution in [-0.2, 0) is 0 Å². The maximum Gasteiger partial charge on any atom is 0.399 e. The van der Waals surface area contributed by atoms with Gasteiger partial charge in [0.2, 0.25) is 0 Å². The number of hydrogen-bond donors (Lipinski definition) is 2. The molecule has 3 unspecified atom stereocenters. The van der Waals surface area contributed by atoms with E-state index in [1.807, 2.05) is 0 Å². The van der Waals surface area contributed by atoms with Gasteiger partial charge in [-0.05, 0) is 25.8 Å². The molecule has 0 amide bonds. The van der Waals surface area contributed by atoms with Crippen LogP contribution in [0, 0.1) is 11.8 Å². The molecule has 1 fully saturated rings. The quantitative estimate of drug-likeness (QED) is 0.753. The van der Waals surface area contributed by atoms with E-state index in [0.717, 1.165) is 0 Å². The van der Waals surface area contributed by atoms with Gasteiger partial charge in [-0.25, -0.2) is 0 Å². The SMILES string of the molecule is CC(O)C1CCN(CC(C(N)=S)C(F)(F)F)C1. The van der Waals surface area contributed by atoms with Crippen molar-refractivity contribution in [3.63, 3.8) is 0 Å². The lowest BCUT2D eigenvalue weighted by Gasteiger charge is -2.25. The third-order valence-electron chi connectivity index (χ3n) is 3.17. The van der Waals surface area contributed by atoms with Crippen molar-refractivity contribution in [3.05, 3.63) is 0 Å². The van der Waals surface area contributed by atoms with E-state index in [1.54, 1.807) is 11.8 Å². The van der Waals surface area contributed by atoms with E-state index in [0.29, 0.717) is 19.5 Å². The number of likely N-dealkylation sites (tertiary alicyclic amines) is 1. The molecule has 0 spiro atoms. The zero-order valence-electron chi connectivity index (χ0n) is 9.57. The predicted octanol–water partition coefficient (Wildman–Crippen LogP) is 1.15. The van der Waals surface area contributed by atoms with Crippen LogP contribution in [0.2, 0.25) is 0 Å². The Labute approximate surface area is 104 Å².